The summed E-state index contributed by atoms with van der Waals surface area (Å²) in [6, 6.07) is 0.904. The minimum atomic E-state index is -0.957. The lowest BCUT2D eigenvalue weighted by Crippen LogP contribution is -2.47. The van der Waals surface area contributed by atoms with Crippen LogP contribution >= 0.6 is 0 Å². The van der Waals surface area contributed by atoms with Gasteiger partial charge in [0.15, 0.2) is 0 Å². The van der Waals surface area contributed by atoms with Crippen LogP contribution in [0, 0.1) is 0 Å². The Morgan fingerprint density at radius 2 is 1.88 bits per heavy atom. The van der Waals surface area contributed by atoms with Gasteiger partial charge in [0.2, 0.25) is 0 Å². The number of nitrogens with one attached hydrogen (secondary N) is 1. The van der Waals surface area contributed by atoms with E-state index in [1.54, 1.807) is 0 Å². The van der Waals surface area contributed by atoms with Crippen LogP contribution in [0.4, 0.5) is 4.39 Å². The summed E-state index contributed by atoms with van der Waals surface area (Å²) in [5.74, 6) is 0. The van der Waals surface area contributed by atoms with Gasteiger partial charge in [-0.25, -0.2) is 4.39 Å². The Morgan fingerprint density at radius 3 is 2.62 bits per heavy atom. The van der Waals surface area contributed by atoms with E-state index in [4.69, 9.17) is 0 Å². The molecule has 2 heteroatoms. The third kappa shape index (κ3) is 1.92. The van der Waals surface area contributed by atoms with Gasteiger partial charge in [0.05, 0.1) is 0 Å². The first-order valence-corrected chi connectivity index (χ1v) is 6.91. The summed E-state index contributed by atoms with van der Waals surface area (Å²) in [5.41, 5.74) is 0.185. The van der Waals surface area contributed by atoms with Crippen molar-refractivity contribution in [2.24, 2.45) is 0 Å². The lowest BCUT2D eigenvalue weighted by Gasteiger charge is -2.37. The van der Waals surface area contributed by atoms with Crippen molar-refractivity contribution in [2.45, 2.75) is 75.5 Å². The lowest BCUT2D eigenvalue weighted by atomic mass is 9.81. The van der Waals surface area contributed by atoms with Crippen LogP contribution in [0.2, 0.25) is 0 Å². The van der Waals surface area contributed by atoms with Gasteiger partial charge in [0.25, 0.3) is 0 Å². The van der Waals surface area contributed by atoms with Crippen LogP contribution in [0.5, 0.6) is 0 Å². The van der Waals surface area contributed by atoms with E-state index < -0.39 is 5.67 Å². The van der Waals surface area contributed by atoms with E-state index in [0.717, 1.165) is 31.3 Å². The summed E-state index contributed by atoms with van der Waals surface area (Å²) >= 11 is 0. The smallest absolute Gasteiger partial charge is 0.135 e. The zero-order chi connectivity index (χ0) is 11.0. The van der Waals surface area contributed by atoms with Crippen LogP contribution in [0.1, 0.15) is 57.8 Å². The van der Waals surface area contributed by atoms with Gasteiger partial charge in [-0.2, -0.15) is 0 Å². The van der Waals surface area contributed by atoms with Crippen LogP contribution in [-0.2, 0) is 0 Å². The van der Waals surface area contributed by atoms with Gasteiger partial charge in [-0.3, -0.25) is 0 Å². The normalized spacial score (nSPS) is 43.9. The first kappa shape index (κ1) is 10.8. The highest BCUT2D eigenvalue weighted by molar-refractivity contribution is 5.22. The molecule has 2 saturated heterocycles. The van der Waals surface area contributed by atoms with Gasteiger partial charge in [-0.15, -0.1) is 0 Å². The Morgan fingerprint density at radius 1 is 1.12 bits per heavy atom. The maximum atomic E-state index is 15.1. The number of hydrogen-bond donors (Lipinski definition) is 1. The van der Waals surface area contributed by atoms with Gasteiger partial charge in [0, 0.05) is 24.9 Å². The van der Waals surface area contributed by atoms with Crippen molar-refractivity contribution in [1.29, 1.82) is 0 Å². The third-order valence-electron chi connectivity index (χ3n) is 4.59. The van der Waals surface area contributed by atoms with Crippen molar-refractivity contribution in [1.82, 2.24) is 5.32 Å². The molecule has 2 unspecified atom stereocenters. The number of fused-ring (bicyclic) bond motifs is 2. The molecule has 2 aliphatic heterocycles. The zero-order valence-electron chi connectivity index (χ0n) is 9.97. The molecule has 1 N–H and O–H groups in total. The third-order valence-corrected chi connectivity index (χ3v) is 4.59. The van der Waals surface area contributed by atoms with E-state index in [2.05, 4.69) is 11.4 Å². The number of piperidine rings is 1. The maximum Gasteiger partial charge on any atom is 0.135 e. The fourth-order valence-electron chi connectivity index (χ4n) is 3.77. The fraction of sp³-hybridized carbons (Fsp3) is 0.857. The highest BCUT2D eigenvalue weighted by Gasteiger charge is 2.45. The second-order valence-electron chi connectivity index (χ2n) is 5.84. The summed E-state index contributed by atoms with van der Waals surface area (Å²) in [6.07, 6.45) is 11.9. The largest absolute Gasteiger partial charge is 0.311 e. The Kier molecular flexibility index (Phi) is 2.78. The number of alkyl halides is 1. The molecular formula is C14H22FN. The van der Waals surface area contributed by atoms with E-state index in [-0.39, 0.29) is 0 Å². The van der Waals surface area contributed by atoms with E-state index in [9.17, 15) is 0 Å². The predicted molar refractivity (Wildman–Crippen MR) is 64.2 cm³/mol. The van der Waals surface area contributed by atoms with Crippen LogP contribution in [0.15, 0.2) is 11.6 Å². The molecule has 0 aromatic carbocycles. The van der Waals surface area contributed by atoms with E-state index in [1.807, 2.05) is 0 Å². The molecule has 2 fully saturated rings. The van der Waals surface area contributed by atoms with Crippen molar-refractivity contribution >= 4 is 0 Å². The number of allylic oxidation sites excluding steroid dienone is 2. The zero-order valence-corrected chi connectivity index (χ0v) is 9.97. The van der Waals surface area contributed by atoms with Crippen LogP contribution in [-0.4, -0.2) is 17.8 Å². The van der Waals surface area contributed by atoms with Crippen molar-refractivity contribution in [2.75, 3.05) is 0 Å². The lowest BCUT2D eigenvalue weighted by molar-refractivity contribution is 0.123. The minimum Gasteiger partial charge on any atom is -0.311 e. The van der Waals surface area contributed by atoms with E-state index in [1.165, 1.54) is 32.1 Å². The Balaban J connectivity index is 1.78. The molecule has 0 radical (unpaired) electrons. The Labute approximate surface area is 97.5 Å². The van der Waals surface area contributed by atoms with Crippen molar-refractivity contribution < 1.29 is 4.39 Å². The molecule has 0 aromatic rings. The average Bonchev–Trinajstić information content (AvgIpc) is 2.53. The summed E-state index contributed by atoms with van der Waals surface area (Å²) in [6.45, 7) is 0. The molecule has 2 atom stereocenters. The second-order valence-corrected chi connectivity index (χ2v) is 5.84. The highest BCUT2D eigenvalue weighted by atomic mass is 19.1. The van der Waals surface area contributed by atoms with Crippen molar-refractivity contribution in [3.63, 3.8) is 0 Å². The maximum absolute atomic E-state index is 15.1. The number of halogens is 1. The van der Waals surface area contributed by atoms with Crippen molar-refractivity contribution in [3.05, 3.63) is 11.6 Å². The molecule has 0 amide bonds. The quantitative estimate of drug-likeness (QED) is 0.671. The molecule has 1 aliphatic carbocycles. The predicted octanol–water partition coefficient (Wildman–Crippen LogP) is 3.50. The molecular weight excluding hydrogens is 201 g/mol. The molecule has 3 rings (SSSR count). The SMILES string of the molecule is FC1(C2=CCCCCC2)CC2CCC(C1)N2. The molecule has 3 aliphatic rings. The topological polar surface area (TPSA) is 12.0 Å². The summed E-state index contributed by atoms with van der Waals surface area (Å²) < 4.78 is 15.1. The van der Waals surface area contributed by atoms with E-state index >= 15 is 4.39 Å². The monoisotopic (exact) mass is 223 g/mol. The van der Waals surface area contributed by atoms with Crippen LogP contribution in [0.3, 0.4) is 0 Å². The minimum absolute atomic E-state index is 0.452. The molecule has 90 valence electrons. The summed E-state index contributed by atoms with van der Waals surface area (Å²) in [7, 11) is 0. The van der Waals surface area contributed by atoms with Crippen molar-refractivity contribution in [3.8, 4) is 0 Å². The van der Waals surface area contributed by atoms with Crippen LogP contribution in [0.25, 0.3) is 0 Å². The Hall–Kier alpha value is -0.370. The molecule has 2 bridgehead atoms. The van der Waals surface area contributed by atoms with Crippen LogP contribution < -0.4 is 5.32 Å². The number of hydrogen-bond acceptors (Lipinski definition) is 1. The standard InChI is InChI=1S/C14H22FN/c15-14(11-5-3-1-2-4-6-11)9-12-7-8-13(10-14)16-12/h5,12-13,16H,1-4,6-10H2. The molecule has 1 nitrogen and oxygen atoms in total. The van der Waals surface area contributed by atoms with Gasteiger partial charge in [0.1, 0.15) is 5.67 Å². The average molecular weight is 223 g/mol. The molecule has 0 spiro atoms. The molecule has 2 heterocycles. The summed E-state index contributed by atoms with van der Waals surface area (Å²) in [5, 5.41) is 3.53. The van der Waals surface area contributed by atoms with Gasteiger partial charge < -0.3 is 5.32 Å². The Bertz CT molecular complexity index is 285. The second kappa shape index (κ2) is 4.14. The molecule has 0 aromatic heterocycles. The van der Waals surface area contributed by atoms with Gasteiger partial charge in [-0.1, -0.05) is 12.5 Å². The van der Waals surface area contributed by atoms with E-state index in [0.29, 0.717) is 12.1 Å². The molecule has 0 saturated carbocycles. The summed E-state index contributed by atoms with van der Waals surface area (Å²) in [4.78, 5) is 0. The first-order valence-electron chi connectivity index (χ1n) is 6.91. The van der Waals surface area contributed by atoms with Gasteiger partial charge >= 0.3 is 0 Å². The molecule has 16 heavy (non-hydrogen) atoms. The first-order chi connectivity index (χ1) is 7.76. The highest BCUT2D eigenvalue weighted by Crippen LogP contribution is 2.43. The number of rotatable bonds is 1. The fourth-order valence-corrected chi connectivity index (χ4v) is 3.77. The van der Waals surface area contributed by atoms with Gasteiger partial charge in [-0.05, 0) is 44.1 Å².